The third kappa shape index (κ3) is 3.32. The van der Waals surface area contributed by atoms with E-state index in [0.717, 1.165) is 5.56 Å². The van der Waals surface area contributed by atoms with Crippen molar-refractivity contribution >= 4 is 17.5 Å². The van der Waals surface area contributed by atoms with Crippen LogP contribution in [-0.2, 0) is 11.3 Å². The fourth-order valence-electron chi connectivity index (χ4n) is 1.87. The maximum atomic E-state index is 12.0. The monoisotopic (exact) mass is 275 g/mol. The average Bonchev–Trinajstić information content (AvgIpc) is 2.59. The van der Waals surface area contributed by atoms with Crippen molar-refractivity contribution < 1.29 is 18.3 Å². The van der Waals surface area contributed by atoms with Crippen LogP contribution in [0.4, 0.5) is 8.78 Å². The van der Waals surface area contributed by atoms with Gasteiger partial charge in [0.1, 0.15) is 5.75 Å². The first-order chi connectivity index (χ1) is 8.54. The lowest BCUT2D eigenvalue weighted by atomic mass is 10.2. The highest BCUT2D eigenvalue weighted by Crippen LogP contribution is 2.20. The highest BCUT2D eigenvalue weighted by Gasteiger charge is 2.27. The van der Waals surface area contributed by atoms with Crippen molar-refractivity contribution in [2.45, 2.75) is 25.0 Å². The fourth-order valence-corrected chi connectivity index (χ4v) is 2.17. The van der Waals surface area contributed by atoms with Crippen LogP contribution in [0.5, 0.6) is 5.75 Å². The van der Waals surface area contributed by atoms with Gasteiger partial charge in [-0.2, -0.15) is 8.78 Å². The number of rotatable bonds is 4. The van der Waals surface area contributed by atoms with Crippen molar-refractivity contribution in [2.24, 2.45) is 0 Å². The third-order valence-corrected chi connectivity index (χ3v) is 2.98. The summed E-state index contributed by atoms with van der Waals surface area (Å²) in [6.45, 7) is -1.86. The first kappa shape index (κ1) is 13.1. The highest BCUT2D eigenvalue weighted by molar-refractivity contribution is 6.22. The molecule has 0 spiro atoms. The summed E-state index contributed by atoms with van der Waals surface area (Å²) in [5.74, 6) is 0.125. The molecule has 0 bridgehead atoms. The number of ether oxygens (including phenoxy) is 1. The molecule has 0 radical (unpaired) electrons. The Labute approximate surface area is 108 Å². The van der Waals surface area contributed by atoms with Crippen molar-refractivity contribution in [2.75, 3.05) is 6.54 Å². The van der Waals surface area contributed by atoms with Crippen LogP contribution in [0.2, 0.25) is 0 Å². The average molecular weight is 276 g/mol. The van der Waals surface area contributed by atoms with Crippen LogP contribution in [0.3, 0.4) is 0 Å². The number of carbonyl (C=O) groups is 1. The molecule has 2 rings (SSSR count). The molecule has 1 aromatic rings. The molecule has 1 aliphatic rings. The van der Waals surface area contributed by atoms with E-state index in [1.807, 2.05) is 0 Å². The quantitative estimate of drug-likeness (QED) is 0.791. The van der Waals surface area contributed by atoms with E-state index in [1.54, 1.807) is 17.0 Å². The van der Waals surface area contributed by atoms with E-state index in [1.165, 1.54) is 12.1 Å². The Hall–Kier alpha value is -1.36. The first-order valence-corrected chi connectivity index (χ1v) is 5.94. The fraction of sp³-hybridized carbons (Fsp3) is 0.417. The molecule has 1 amide bonds. The summed E-state index contributed by atoms with van der Waals surface area (Å²) in [4.78, 5) is 13.2. The Morgan fingerprint density at radius 3 is 2.56 bits per heavy atom. The van der Waals surface area contributed by atoms with Crippen molar-refractivity contribution in [3.63, 3.8) is 0 Å². The Bertz CT molecular complexity index is 425. The van der Waals surface area contributed by atoms with E-state index in [9.17, 15) is 13.6 Å². The predicted molar refractivity (Wildman–Crippen MR) is 62.7 cm³/mol. The van der Waals surface area contributed by atoms with E-state index in [2.05, 4.69) is 4.74 Å². The minimum atomic E-state index is -2.83. The molecule has 0 aromatic heterocycles. The molecule has 1 fully saturated rings. The van der Waals surface area contributed by atoms with Gasteiger partial charge in [-0.05, 0) is 17.7 Å². The lowest BCUT2D eigenvalue weighted by molar-refractivity contribution is -0.128. The van der Waals surface area contributed by atoms with Gasteiger partial charge in [-0.3, -0.25) is 4.79 Å². The van der Waals surface area contributed by atoms with Crippen molar-refractivity contribution in [1.29, 1.82) is 0 Å². The molecule has 1 aliphatic heterocycles. The van der Waals surface area contributed by atoms with E-state index >= 15 is 0 Å². The second kappa shape index (κ2) is 5.52. The standard InChI is InChI=1S/C12H12ClF2NO2/c13-9-5-11(17)16(7-9)6-8-1-3-10(4-2-8)18-12(14)15/h1-4,9,12H,5-7H2. The molecule has 6 heteroatoms. The third-order valence-electron chi connectivity index (χ3n) is 2.69. The molecule has 1 atom stereocenters. The zero-order chi connectivity index (χ0) is 13.1. The van der Waals surface area contributed by atoms with E-state index in [0.29, 0.717) is 19.5 Å². The van der Waals surface area contributed by atoms with Crippen LogP contribution in [0.15, 0.2) is 24.3 Å². The van der Waals surface area contributed by atoms with Crippen LogP contribution in [0.1, 0.15) is 12.0 Å². The molecule has 1 heterocycles. The summed E-state index contributed by atoms with van der Waals surface area (Å²) >= 11 is 5.88. The largest absolute Gasteiger partial charge is 0.435 e. The van der Waals surface area contributed by atoms with Gasteiger partial charge >= 0.3 is 6.61 Å². The maximum Gasteiger partial charge on any atom is 0.387 e. The number of nitrogens with zero attached hydrogens (tertiary/aromatic N) is 1. The van der Waals surface area contributed by atoms with Crippen molar-refractivity contribution in [3.05, 3.63) is 29.8 Å². The Balaban J connectivity index is 1.96. The van der Waals surface area contributed by atoms with Crippen LogP contribution >= 0.6 is 11.6 Å². The molecule has 3 nitrogen and oxygen atoms in total. The van der Waals surface area contributed by atoms with E-state index in [4.69, 9.17) is 11.6 Å². The van der Waals surface area contributed by atoms with Gasteiger partial charge in [-0.15, -0.1) is 11.6 Å². The number of halogens is 3. The van der Waals surface area contributed by atoms with Crippen LogP contribution in [-0.4, -0.2) is 29.3 Å². The Morgan fingerprint density at radius 2 is 2.06 bits per heavy atom. The number of amides is 1. The first-order valence-electron chi connectivity index (χ1n) is 5.50. The number of hydrogen-bond acceptors (Lipinski definition) is 2. The van der Waals surface area contributed by atoms with Crippen LogP contribution in [0.25, 0.3) is 0 Å². The van der Waals surface area contributed by atoms with Gasteiger partial charge in [0.15, 0.2) is 0 Å². The normalized spacial score (nSPS) is 19.7. The van der Waals surface area contributed by atoms with Crippen molar-refractivity contribution in [3.8, 4) is 5.75 Å². The predicted octanol–water partition coefficient (Wildman–Crippen LogP) is 2.63. The molecular weight excluding hydrogens is 264 g/mol. The topological polar surface area (TPSA) is 29.5 Å². The summed E-state index contributed by atoms with van der Waals surface area (Å²) in [6.07, 6.45) is 0.355. The summed E-state index contributed by atoms with van der Waals surface area (Å²) in [7, 11) is 0. The highest BCUT2D eigenvalue weighted by atomic mass is 35.5. The molecule has 0 aliphatic carbocycles. The minimum Gasteiger partial charge on any atom is -0.435 e. The van der Waals surface area contributed by atoms with Crippen LogP contribution in [0, 0.1) is 0 Å². The van der Waals surface area contributed by atoms with Gasteiger partial charge in [0.2, 0.25) is 5.91 Å². The van der Waals surface area contributed by atoms with E-state index < -0.39 is 6.61 Å². The smallest absolute Gasteiger partial charge is 0.387 e. The molecule has 98 valence electrons. The molecule has 1 saturated heterocycles. The van der Waals surface area contributed by atoms with Gasteiger partial charge in [-0.1, -0.05) is 12.1 Å². The molecule has 18 heavy (non-hydrogen) atoms. The SMILES string of the molecule is O=C1CC(Cl)CN1Cc1ccc(OC(F)F)cc1. The molecular formula is C12H12ClF2NO2. The summed E-state index contributed by atoms with van der Waals surface area (Å²) in [5, 5.41) is -0.140. The Kier molecular flexibility index (Phi) is 4.01. The summed E-state index contributed by atoms with van der Waals surface area (Å²) in [5.41, 5.74) is 0.857. The summed E-state index contributed by atoms with van der Waals surface area (Å²) < 4.78 is 28.1. The summed E-state index contributed by atoms with van der Waals surface area (Å²) in [6, 6.07) is 6.24. The Morgan fingerprint density at radius 1 is 1.39 bits per heavy atom. The van der Waals surface area contributed by atoms with Gasteiger partial charge in [-0.25, -0.2) is 0 Å². The number of hydrogen-bond donors (Lipinski definition) is 0. The number of benzene rings is 1. The lowest BCUT2D eigenvalue weighted by Gasteiger charge is -2.15. The second-order valence-corrected chi connectivity index (χ2v) is 4.72. The van der Waals surface area contributed by atoms with Crippen LogP contribution < -0.4 is 4.74 Å². The van der Waals surface area contributed by atoms with Gasteiger partial charge < -0.3 is 9.64 Å². The number of carbonyl (C=O) groups excluding carboxylic acids is 1. The molecule has 0 saturated carbocycles. The van der Waals surface area contributed by atoms with Gasteiger partial charge in [0.25, 0.3) is 0 Å². The minimum absolute atomic E-state index is 0.0166. The lowest BCUT2D eigenvalue weighted by Crippen LogP contribution is -2.24. The van der Waals surface area contributed by atoms with Gasteiger partial charge in [0, 0.05) is 19.5 Å². The number of likely N-dealkylation sites (tertiary alicyclic amines) is 1. The maximum absolute atomic E-state index is 12.0. The molecule has 0 N–H and O–H groups in total. The van der Waals surface area contributed by atoms with Gasteiger partial charge in [0.05, 0.1) is 5.38 Å². The van der Waals surface area contributed by atoms with Crippen molar-refractivity contribution in [1.82, 2.24) is 4.90 Å². The zero-order valence-corrected chi connectivity index (χ0v) is 10.2. The zero-order valence-electron chi connectivity index (χ0n) is 9.48. The molecule has 1 aromatic carbocycles. The number of alkyl halides is 3. The van der Waals surface area contributed by atoms with E-state index in [-0.39, 0.29) is 17.0 Å². The molecule has 1 unspecified atom stereocenters. The second-order valence-electron chi connectivity index (χ2n) is 4.10.